The van der Waals surface area contributed by atoms with Gasteiger partial charge in [-0.25, -0.2) is 4.98 Å². The molecule has 0 spiro atoms. The fourth-order valence-electron chi connectivity index (χ4n) is 4.91. The average molecular weight is 488 g/mol. The Kier molecular flexibility index (Phi) is 7.30. The molecule has 1 fully saturated rings. The van der Waals surface area contributed by atoms with Crippen LogP contribution in [0, 0.1) is 6.92 Å². The molecule has 0 aliphatic carbocycles. The fourth-order valence-corrected chi connectivity index (χ4v) is 5.81. The van der Waals surface area contributed by atoms with E-state index in [-0.39, 0.29) is 17.9 Å². The molecule has 1 amide bonds. The molecule has 4 aromatic rings. The standard InChI is InChI=1S/C29H33N3O2S/c1-3-26(22-8-5-4-6-9-22)28(33)31(18-25-10-7-17-34-25)16-15-24-20-35-29-30-27(19-32(24)29)23-13-11-21(2)12-14-23/h4-6,8-9,11-14,19-20,25-26H,3,7,10,15-18H2,1-2H3. The van der Waals surface area contributed by atoms with Crippen molar-refractivity contribution in [2.75, 3.05) is 19.7 Å². The number of hydrogen-bond donors (Lipinski definition) is 0. The van der Waals surface area contributed by atoms with Crippen molar-refractivity contribution in [1.82, 2.24) is 14.3 Å². The van der Waals surface area contributed by atoms with Gasteiger partial charge in [0, 0.05) is 49.0 Å². The zero-order chi connectivity index (χ0) is 24.2. The van der Waals surface area contributed by atoms with Crippen molar-refractivity contribution in [1.29, 1.82) is 0 Å². The minimum atomic E-state index is -0.124. The van der Waals surface area contributed by atoms with Crippen molar-refractivity contribution >= 4 is 22.2 Å². The molecule has 2 atom stereocenters. The quantitative estimate of drug-likeness (QED) is 0.286. The van der Waals surface area contributed by atoms with Crippen LogP contribution in [-0.2, 0) is 16.0 Å². The smallest absolute Gasteiger partial charge is 0.230 e. The number of carbonyl (C=O) groups excluding carboxylic acids is 1. The predicted molar refractivity (Wildman–Crippen MR) is 142 cm³/mol. The fraction of sp³-hybridized carbons (Fsp3) is 0.379. The SMILES string of the molecule is CCC(C(=O)N(CCc1csc2nc(-c3ccc(C)cc3)cn12)CC1CCCO1)c1ccccc1. The first-order valence-electron chi connectivity index (χ1n) is 12.6. The van der Waals surface area contributed by atoms with Crippen molar-refractivity contribution in [3.8, 4) is 11.3 Å². The van der Waals surface area contributed by atoms with Gasteiger partial charge in [-0.05, 0) is 31.7 Å². The van der Waals surface area contributed by atoms with Gasteiger partial charge in [0.05, 0.1) is 17.7 Å². The van der Waals surface area contributed by atoms with Gasteiger partial charge in [-0.2, -0.15) is 0 Å². The van der Waals surface area contributed by atoms with E-state index in [1.165, 1.54) is 11.3 Å². The third kappa shape index (κ3) is 5.34. The van der Waals surface area contributed by atoms with Crippen molar-refractivity contribution < 1.29 is 9.53 Å². The molecule has 1 saturated heterocycles. The van der Waals surface area contributed by atoms with Crippen molar-refractivity contribution in [3.63, 3.8) is 0 Å². The lowest BCUT2D eigenvalue weighted by Crippen LogP contribution is -2.41. The lowest BCUT2D eigenvalue weighted by atomic mass is 9.94. The number of rotatable bonds is 9. The van der Waals surface area contributed by atoms with E-state index >= 15 is 0 Å². The Morgan fingerprint density at radius 2 is 2.00 bits per heavy atom. The van der Waals surface area contributed by atoms with E-state index in [1.807, 2.05) is 23.1 Å². The highest BCUT2D eigenvalue weighted by atomic mass is 32.1. The van der Waals surface area contributed by atoms with Crippen LogP contribution in [0.4, 0.5) is 0 Å². The molecule has 1 aliphatic heterocycles. The normalized spacial score (nSPS) is 16.6. The molecule has 1 aliphatic rings. The molecule has 35 heavy (non-hydrogen) atoms. The highest BCUT2D eigenvalue weighted by Crippen LogP contribution is 2.26. The van der Waals surface area contributed by atoms with Crippen LogP contribution in [0.15, 0.2) is 66.2 Å². The molecule has 0 radical (unpaired) electrons. The lowest BCUT2D eigenvalue weighted by molar-refractivity contribution is -0.134. The van der Waals surface area contributed by atoms with Crippen LogP contribution in [0.5, 0.6) is 0 Å². The second-order valence-corrected chi connectivity index (χ2v) is 10.2. The highest BCUT2D eigenvalue weighted by Gasteiger charge is 2.28. The van der Waals surface area contributed by atoms with Gasteiger partial charge in [0.1, 0.15) is 0 Å². The van der Waals surface area contributed by atoms with Crippen LogP contribution in [0.1, 0.15) is 48.9 Å². The van der Waals surface area contributed by atoms with Gasteiger partial charge < -0.3 is 9.64 Å². The van der Waals surface area contributed by atoms with Crippen LogP contribution >= 0.6 is 11.3 Å². The predicted octanol–water partition coefficient (Wildman–Crippen LogP) is 6.12. The maximum absolute atomic E-state index is 13.8. The number of thiazole rings is 1. The third-order valence-corrected chi connectivity index (χ3v) is 7.83. The van der Waals surface area contributed by atoms with Crippen LogP contribution in [0.25, 0.3) is 16.2 Å². The maximum atomic E-state index is 13.8. The number of imidazole rings is 1. The number of fused-ring (bicyclic) bond motifs is 1. The molecule has 2 aromatic carbocycles. The summed E-state index contributed by atoms with van der Waals surface area (Å²) in [6, 6.07) is 18.7. The molecule has 2 aromatic heterocycles. The first-order chi connectivity index (χ1) is 17.1. The monoisotopic (exact) mass is 487 g/mol. The van der Waals surface area contributed by atoms with E-state index in [4.69, 9.17) is 9.72 Å². The Morgan fingerprint density at radius 3 is 2.71 bits per heavy atom. The van der Waals surface area contributed by atoms with Crippen molar-refractivity contribution in [3.05, 3.63) is 83.0 Å². The Morgan fingerprint density at radius 1 is 1.20 bits per heavy atom. The number of nitrogens with zero attached hydrogens (tertiary/aromatic N) is 3. The van der Waals surface area contributed by atoms with Crippen LogP contribution in [-0.4, -0.2) is 46.0 Å². The summed E-state index contributed by atoms with van der Waals surface area (Å²) in [5, 5.41) is 2.17. The summed E-state index contributed by atoms with van der Waals surface area (Å²) in [5.74, 6) is 0.0770. The summed E-state index contributed by atoms with van der Waals surface area (Å²) >= 11 is 1.66. The number of carbonyl (C=O) groups is 1. The number of aromatic nitrogens is 2. The topological polar surface area (TPSA) is 46.8 Å². The van der Waals surface area contributed by atoms with E-state index in [0.29, 0.717) is 13.1 Å². The second-order valence-electron chi connectivity index (χ2n) is 9.41. The molecule has 0 bridgehead atoms. The first kappa shape index (κ1) is 23.8. The largest absolute Gasteiger partial charge is 0.376 e. The Hall–Kier alpha value is -2.96. The number of ether oxygens (including phenoxy) is 1. The van der Waals surface area contributed by atoms with Gasteiger partial charge in [0.2, 0.25) is 5.91 Å². The van der Waals surface area contributed by atoms with Gasteiger partial charge in [0.25, 0.3) is 0 Å². The molecular formula is C29H33N3O2S. The van der Waals surface area contributed by atoms with Crippen molar-refractivity contribution in [2.45, 2.75) is 51.6 Å². The number of aryl methyl sites for hydroxylation is 1. The molecule has 0 N–H and O–H groups in total. The van der Waals surface area contributed by atoms with Gasteiger partial charge in [0.15, 0.2) is 4.96 Å². The van der Waals surface area contributed by atoms with Gasteiger partial charge in [-0.1, -0.05) is 67.1 Å². The summed E-state index contributed by atoms with van der Waals surface area (Å²) in [4.78, 5) is 21.6. The number of hydrogen-bond acceptors (Lipinski definition) is 4. The average Bonchev–Trinajstić information content (AvgIpc) is 3.62. The molecule has 3 heterocycles. The van der Waals surface area contributed by atoms with Crippen molar-refractivity contribution in [2.24, 2.45) is 0 Å². The Labute approximate surface area is 211 Å². The van der Waals surface area contributed by atoms with E-state index < -0.39 is 0 Å². The number of amides is 1. The molecular weight excluding hydrogens is 454 g/mol. The molecule has 0 saturated carbocycles. The van der Waals surface area contributed by atoms with Gasteiger partial charge in [-0.15, -0.1) is 11.3 Å². The number of benzene rings is 2. The zero-order valence-corrected chi connectivity index (χ0v) is 21.3. The summed E-state index contributed by atoms with van der Waals surface area (Å²) in [5.41, 5.74) is 5.63. The van der Waals surface area contributed by atoms with Crippen LogP contribution in [0.2, 0.25) is 0 Å². The minimum Gasteiger partial charge on any atom is -0.376 e. The van der Waals surface area contributed by atoms with E-state index in [0.717, 1.165) is 54.1 Å². The van der Waals surface area contributed by atoms with Crippen LogP contribution in [0.3, 0.4) is 0 Å². The molecule has 5 nitrogen and oxygen atoms in total. The van der Waals surface area contributed by atoms with E-state index in [9.17, 15) is 4.79 Å². The summed E-state index contributed by atoms with van der Waals surface area (Å²) < 4.78 is 8.10. The molecule has 182 valence electrons. The summed E-state index contributed by atoms with van der Waals surface area (Å²) in [7, 11) is 0. The summed E-state index contributed by atoms with van der Waals surface area (Å²) in [6.45, 7) is 6.32. The van der Waals surface area contributed by atoms with E-state index in [1.54, 1.807) is 11.3 Å². The second kappa shape index (κ2) is 10.8. The Bertz CT molecular complexity index is 1260. The molecule has 5 rings (SSSR count). The lowest BCUT2D eigenvalue weighted by Gasteiger charge is -2.29. The maximum Gasteiger partial charge on any atom is 0.230 e. The van der Waals surface area contributed by atoms with Gasteiger partial charge >= 0.3 is 0 Å². The van der Waals surface area contributed by atoms with E-state index in [2.05, 4.69) is 66.2 Å². The van der Waals surface area contributed by atoms with Gasteiger partial charge in [-0.3, -0.25) is 9.20 Å². The molecule has 2 unspecified atom stereocenters. The zero-order valence-electron chi connectivity index (χ0n) is 20.5. The highest BCUT2D eigenvalue weighted by molar-refractivity contribution is 7.15. The first-order valence-corrected chi connectivity index (χ1v) is 13.5. The molecule has 6 heteroatoms. The van der Waals surface area contributed by atoms with Crippen LogP contribution < -0.4 is 0 Å². The Balaban J connectivity index is 1.35. The third-order valence-electron chi connectivity index (χ3n) is 6.94. The summed E-state index contributed by atoms with van der Waals surface area (Å²) in [6.07, 6.45) is 5.93. The minimum absolute atomic E-state index is 0.124.